The topological polar surface area (TPSA) is 66.5 Å². The van der Waals surface area contributed by atoms with Crippen LogP contribution in [-0.4, -0.2) is 36.8 Å². The van der Waals surface area contributed by atoms with Crippen molar-refractivity contribution in [3.63, 3.8) is 0 Å². The minimum Gasteiger partial charge on any atom is -0.378 e. The van der Waals surface area contributed by atoms with Crippen molar-refractivity contribution in [2.45, 2.75) is 45.6 Å². The molecule has 1 aliphatic rings. The lowest BCUT2D eigenvalue weighted by Crippen LogP contribution is -2.27. The van der Waals surface area contributed by atoms with Crippen molar-refractivity contribution in [3.8, 4) is 11.8 Å². The highest BCUT2D eigenvalue weighted by Gasteiger charge is 2.26. The molecule has 0 fully saturated rings. The molecule has 7 heteroatoms. The summed E-state index contributed by atoms with van der Waals surface area (Å²) in [5.74, 6) is 7.46. The molecule has 1 unspecified atom stereocenters. The van der Waals surface area contributed by atoms with Gasteiger partial charge >= 0.3 is 0 Å². The molecule has 0 amide bonds. The molecule has 3 heterocycles. The van der Waals surface area contributed by atoms with Gasteiger partial charge in [-0.05, 0) is 62.9 Å². The number of nitrogens with zero attached hydrogens (tertiary/aromatic N) is 5. The summed E-state index contributed by atoms with van der Waals surface area (Å²) in [6.07, 6.45) is 2.29. The van der Waals surface area contributed by atoms with E-state index >= 15 is 4.39 Å². The van der Waals surface area contributed by atoms with Gasteiger partial charge in [-0.3, -0.25) is 4.40 Å². The molecule has 0 bridgehead atoms. The lowest BCUT2D eigenvalue weighted by molar-refractivity contribution is 0.118. The minimum atomic E-state index is -1.03. The number of halogens is 1. The lowest BCUT2D eigenvalue weighted by atomic mass is 9.95. The molecule has 0 saturated carbocycles. The molecule has 2 aromatic heterocycles. The number of anilines is 2. The monoisotopic (exact) mass is 429 g/mol. The summed E-state index contributed by atoms with van der Waals surface area (Å²) in [5.41, 5.74) is 2.58. The molecule has 1 N–H and O–H groups in total. The summed E-state index contributed by atoms with van der Waals surface area (Å²) < 4.78 is 16.9. The number of rotatable bonds is 2. The molecule has 6 nitrogen and oxygen atoms in total. The second kappa shape index (κ2) is 7.57. The Labute approximate surface area is 185 Å². The van der Waals surface area contributed by atoms with Gasteiger partial charge in [0.15, 0.2) is 0 Å². The maximum atomic E-state index is 15.1. The molecule has 5 rings (SSSR count). The zero-order valence-corrected chi connectivity index (χ0v) is 18.4. The first-order chi connectivity index (χ1) is 15.4. The van der Waals surface area contributed by atoms with E-state index in [1.807, 2.05) is 38.1 Å². The highest BCUT2D eigenvalue weighted by atomic mass is 19.1. The molecular weight excluding hydrogens is 405 g/mol. The largest absolute Gasteiger partial charge is 0.378 e. The molecule has 0 aliphatic carbocycles. The highest BCUT2D eigenvalue weighted by molar-refractivity contribution is 5.94. The Kier molecular flexibility index (Phi) is 4.83. The smallest absolute Gasteiger partial charge is 0.257 e. The Bertz CT molecular complexity index is 1410. The average Bonchev–Trinajstić information content (AvgIpc) is 3.18. The van der Waals surface area contributed by atoms with Crippen molar-refractivity contribution in [2.75, 3.05) is 11.4 Å². The fourth-order valence-electron chi connectivity index (χ4n) is 4.22. The van der Waals surface area contributed by atoms with Crippen LogP contribution in [-0.2, 0) is 6.42 Å². The van der Waals surface area contributed by atoms with E-state index in [1.54, 1.807) is 17.4 Å². The molecule has 1 atom stereocenters. The van der Waals surface area contributed by atoms with Gasteiger partial charge in [-0.25, -0.2) is 4.39 Å². The van der Waals surface area contributed by atoms with Crippen LogP contribution < -0.4 is 4.90 Å². The van der Waals surface area contributed by atoms with Crippen LogP contribution in [0.2, 0.25) is 0 Å². The number of aryl methyl sites for hydroxylation is 1. The van der Waals surface area contributed by atoms with Gasteiger partial charge in [-0.15, -0.1) is 10.2 Å². The van der Waals surface area contributed by atoms with E-state index in [4.69, 9.17) is 4.98 Å². The van der Waals surface area contributed by atoms with Crippen LogP contribution in [0.1, 0.15) is 43.6 Å². The normalized spacial score (nSPS) is 15.3. The Morgan fingerprint density at radius 3 is 2.81 bits per heavy atom. The quantitative estimate of drug-likeness (QED) is 0.481. The predicted molar refractivity (Wildman–Crippen MR) is 123 cm³/mol. The van der Waals surface area contributed by atoms with E-state index in [0.717, 1.165) is 29.7 Å². The SMILES string of the molecule is CCC(C)(O)C#Cc1cccc2c1CCCN2c1nc2nnc(C)n2c2cccc(F)c12. The Hall–Kier alpha value is -3.50. The minimum absolute atomic E-state index is 0.331. The van der Waals surface area contributed by atoms with E-state index < -0.39 is 5.60 Å². The standard InChI is InChI=1S/C25H24FN5O/c1-4-25(3,32)14-13-17-8-5-11-20-18(17)9-7-15-30(20)23-22-19(26)10-6-12-21(22)31-16(2)28-29-24(31)27-23/h5-6,8,10-12,32H,4,7,9,15H2,1-3H3. The van der Waals surface area contributed by atoms with Crippen LogP contribution in [0, 0.1) is 24.6 Å². The van der Waals surface area contributed by atoms with Crippen LogP contribution in [0.15, 0.2) is 36.4 Å². The van der Waals surface area contributed by atoms with Crippen molar-refractivity contribution < 1.29 is 9.50 Å². The number of aliphatic hydroxyl groups is 1. The summed E-state index contributed by atoms with van der Waals surface area (Å²) >= 11 is 0. The van der Waals surface area contributed by atoms with Crippen LogP contribution >= 0.6 is 0 Å². The summed E-state index contributed by atoms with van der Waals surface area (Å²) in [6.45, 7) is 6.16. The number of hydrogen-bond donors (Lipinski definition) is 1. The van der Waals surface area contributed by atoms with E-state index in [0.29, 0.717) is 41.3 Å². The van der Waals surface area contributed by atoms with E-state index in [9.17, 15) is 5.11 Å². The summed E-state index contributed by atoms with van der Waals surface area (Å²) in [7, 11) is 0. The first-order valence-electron chi connectivity index (χ1n) is 10.8. The van der Waals surface area contributed by atoms with Gasteiger partial charge in [0.2, 0.25) is 0 Å². The molecular formula is C25H24FN5O. The van der Waals surface area contributed by atoms with E-state index in [-0.39, 0.29) is 5.82 Å². The molecule has 0 spiro atoms. The van der Waals surface area contributed by atoms with E-state index in [2.05, 4.69) is 26.9 Å². The van der Waals surface area contributed by atoms with Gasteiger partial charge in [0, 0.05) is 17.8 Å². The van der Waals surface area contributed by atoms with Gasteiger partial charge in [-0.2, -0.15) is 4.98 Å². The Balaban J connectivity index is 1.73. The fraction of sp³-hybridized carbons (Fsp3) is 0.320. The molecule has 1 aliphatic heterocycles. The maximum Gasteiger partial charge on any atom is 0.257 e. The van der Waals surface area contributed by atoms with Crippen molar-refractivity contribution in [1.29, 1.82) is 0 Å². The van der Waals surface area contributed by atoms with Gasteiger partial charge in [0.25, 0.3) is 5.78 Å². The lowest BCUT2D eigenvalue weighted by Gasteiger charge is -2.32. The number of aromatic nitrogens is 4. The van der Waals surface area contributed by atoms with Crippen molar-refractivity contribution in [1.82, 2.24) is 19.6 Å². The van der Waals surface area contributed by atoms with Crippen LogP contribution in [0.4, 0.5) is 15.9 Å². The van der Waals surface area contributed by atoms with Gasteiger partial charge in [0.05, 0.1) is 10.9 Å². The van der Waals surface area contributed by atoms with Gasteiger partial charge < -0.3 is 10.0 Å². The Morgan fingerprint density at radius 1 is 1.19 bits per heavy atom. The maximum absolute atomic E-state index is 15.1. The third-order valence-electron chi connectivity index (χ3n) is 6.13. The highest BCUT2D eigenvalue weighted by Crippen LogP contribution is 2.38. The van der Waals surface area contributed by atoms with Crippen molar-refractivity contribution >= 4 is 28.2 Å². The molecule has 162 valence electrons. The van der Waals surface area contributed by atoms with E-state index in [1.165, 1.54) is 6.07 Å². The summed E-state index contributed by atoms with van der Waals surface area (Å²) in [5, 5.41) is 19.1. The van der Waals surface area contributed by atoms with Gasteiger partial charge in [-0.1, -0.05) is 30.9 Å². The van der Waals surface area contributed by atoms with Gasteiger partial charge in [0.1, 0.15) is 23.1 Å². The third-order valence-corrected chi connectivity index (χ3v) is 6.13. The van der Waals surface area contributed by atoms with Crippen molar-refractivity contribution in [2.24, 2.45) is 0 Å². The number of hydrogen-bond acceptors (Lipinski definition) is 5. The van der Waals surface area contributed by atoms with Crippen LogP contribution in [0.3, 0.4) is 0 Å². The second-order valence-electron chi connectivity index (χ2n) is 8.39. The predicted octanol–water partition coefficient (Wildman–Crippen LogP) is 4.32. The average molecular weight is 429 g/mol. The molecule has 2 aromatic carbocycles. The summed E-state index contributed by atoms with van der Waals surface area (Å²) in [4.78, 5) is 6.79. The summed E-state index contributed by atoms with van der Waals surface area (Å²) in [6, 6.07) is 11.0. The van der Waals surface area contributed by atoms with Crippen LogP contribution in [0.5, 0.6) is 0 Å². The Morgan fingerprint density at radius 2 is 2.00 bits per heavy atom. The number of fused-ring (bicyclic) bond motifs is 4. The molecule has 0 saturated heterocycles. The first kappa shape index (κ1) is 20.4. The fourth-order valence-corrected chi connectivity index (χ4v) is 4.22. The number of benzene rings is 2. The molecule has 4 aromatic rings. The van der Waals surface area contributed by atoms with Crippen molar-refractivity contribution in [3.05, 3.63) is 59.2 Å². The molecule has 0 radical (unpaired) electrons. The zero-order chi connectivity index (χ0) is 22.5. The third kappa shape index (κ3) is 3.28. The second-order valence-corrected chi connectivity index (χ2v) is 8.39. The molecule has 32 heavy (non-hydrogen) atoms. The zero-order valence-electron chi connectivity index (χ0n) is 18.4. The first-order valence-corrected chi connectivity index (χ1v) is 10.8. The van der Waals surface area contributed by atoms with Crippen LogP contribution in [0.25, 0.3) is 16.7 Å².